The number of carbonyl (C=O) groups is 1. The Morgan fingerprint density at radius 2 is 2.06 bits per heavy atom. The average Bonchev–Trinajstić information content (AvgIpc) is 3.69. The molecule has 0 aromatic carbocycles. The number of amides is 1. The number of fused-ring (bicyclic) bond motifs is 3. The highest BCUT2D eigenvalue weighted by molar-refractivity contribution is 7.16. The smallest absolute Gasteiger partial charge is 0.271 e. The number of hydrogen-bond acceptors (Lipinski definition) is 7. The Balaban J connectivity index is 1.52. The molecule has 0 radical (unpaired) electrons. The van der Waals surface area contributed by atoms with E-state index >= 15 is 0 Å². The Hall–Kier alpha value is -3.45. The molecule has 2 saturated carbocycles. The standard InChI is InChI=1S/C22H22N8OS/c1-3-29-16(21(31)30(12-4-5-12)13-6-7-13)8-15-18-17(25-11-28(18)2)19(26-20(15)29)27-22-24-10-14(9-23)32-22/h8,10-13H,3-7H2,1-2H3,(H,24,26,27). The number of aromatic nitrogens is 5. The maximum atomic E-state index is 13.6. The molecule has 1 amide bonds. The van der Waals surface area contributed by atoms with E-state index in [0.29, 0.717) is 45.7 Å². The van der Waals surface area contributed by atoms with Crippen LogP contribution in [0.15, 0.2) is 18.6 Å². The van der Waals surface area contributed by atoms with Gasteiger partial charge in [-0.05, 0) is 38.7 Å². The van der Waals surface area contributed by atoms with Crippen LogP contribution in [0.5, 0.6) is 0 Å². The van der Waals surface area contributed by atoms with Crippen molar-refractivity contribution in [2.75, 3.05) is 5.32 Å². The molecule has 9 nitrogen and oxygen atoms in total. The summed E-state index contributed by atoms with van der Waals surface area (Å²) in [5.41, 5.74) is 3.06. The van der Waals surface area contributed by atoms with Gasteiger partial charge in [0.15, 0.2) is 10.9 Å². The first-order valence-corrected chi connectivity index (χ1v) is 11.7. The molecule has 0 aliphatic heterocycles. The first-order chi connectivity index (χ1) is 15.6. The van der Waals surface area contributed by atoms with Crippen LogP contribution < -0.4 is 5.32 Å². The zero-order valence-electron chi connectivity index (χ0n) is 17.9. The number of anilines is 2. The lowest BCUT2D eigenvalue weighted by atomic mass is 10.2. The predicted molar refractivity (Wildman–Crippen MR) is 122 cm³/mol. The van der Waals surface area contributed by atoms with Gasteiger partial charge in [0.25, 0.3) is 5.91 Å². The minimum absolute atomic E-state index is 0.110. The van der Waals surface area contributed by atoms with Crippen LogP contribution >= 0.6 is 11.3 Å². The Kier molecular flexibility index (Phi) is 4.23. The average molecular weight is 447 g/mol. The maximum Gasteiger partial charge on any atom is 0.271 e. The first-order valence-electron chi connectivity index (χ1n) is 10.9. The number of imidazole rings is 1. The molecule has 0 unspecified atom stereocenters. The second-order valence-corrected chi connectivity index (χ2v) is 9.50. The summed E-state index contributed by atoms with van der Waals surface area (Å²) in [4.78, 5) is 30.0. The first kappa shape index (κ1) is 19.3. The van der Waals surface area contributed by atoms with Crippen LogP contribution in [0, 0.1) is 11.3 Å². The van der Waals surface area contributed by atoms with E-state index in [1.54, 1.807) is 6.33 Å². The van der Waals surface area contributed by atoms with Gasteiger partial charge in [0.2, 0.25) is 0 Å². The fourth-order valence-corrected chi connectivity index (χ4v) is 5.06. The molecule has 10 heteroatoms. The third-order valence-electron chi connectivity index (χ3n) is 6.19. The molecule has 32 heavy (non-hydrogen) atoms. The van der Waals surface area contributed by atoms with E-state index in [1.807, 2.05) is 29.2 Å². The second kappa shape index (κ2) is 7.03. The Labute approximate surface area is 188 Å². The molecule has 4 aromatic rings. The lowest BCUT2D eigenvalue weighted by Gasteiger charge is -2.22. The van der Waals surface area contributed by atoms with Gasteiger partial charge < -0.3 is 19.4 Å². The van der Waals surface area contributed by atoms with E-state index in [4.69, 9.17) is 10.2 Å². The number of nitrogens with zero attached hydrogens (tertiary/aromatic N) is 7. The molecule has 0 spiro atoms. The number of nitriles is 1. The van der Waals surface area contributed by atoms with Gasteiger partial charge in [0, 0.05) is 31.1 Å². The van der Waals surface area contributed by atoms with Gasteiger partial charge in [-0.1, -0.05) is 11.3 Å². The molecular weight excluding hydrogens is 424 g/mol. The van der Waals surface area contributed by atoms with Gasteiger partial charge >= 0.3 is 0 Å². The molecule has 0 atom stereocenters. The molecule has 2 aliphatic carbocycles. The van der Waals surface area contributed by atoms with Crippen LogP contribution in [0.1, 0.15) is 48.0 Å². The van der Waals surface area contributed by atoms with Crippen molar-refractivity contribution < 1.29 is 4.79 Å². The minimum Gasteiger partial charge on any atom is -0.333 e. The van der Waals surface area contributed by atoms with Crippen molar-refractivity contribution in [1.29, 1.82) is 5.26 Å². The second-order valence-electron chi connectivity index (χ2n) is 8.47. The third-order valence-corrected chi connectivity index (χ3v) is 7.01. The molecule has 0 saturated heterocycles. The van der Waals surface area contributed by atoms with Crippen LogP contribution in [-0.2, 0) is 13.6 Å². The molecule has 4 heterocycles. The monoisotopic (exact) mass is 446 g/mol. The Morgan fingerprint density at radius 1 is 1.31 bits per heavy atom. The van der Waals surface area contributed by atoms with Gasteiger partial charge in [0.05, 0.1) is 18.0 Å². The van der Waals surface area contributed by atoms with Gasteiger partial charge in [-0.2, -0.15) is 5.26 Å². The van der Waals surface area contributed by atoms with Gasteiger partial charge in [-0.25, -0.2) is 15.0 Å². The summed E-state index contributed by atoms with van der Waals surface area (Å²) in [6.07, 6.45) is 7.70. The molecule has 162 valence electrons. The molecule has 4 aromatic heterocycles. The third kappa shape index (κ3) is 2.96. The number of pyridine rings is 1. The molecule has 2 fully saturated rings. The van der Waals surface area contributed by atoms with Crippen molar-refractivity contribution >= 4 is 50.3 Å². The summed E-state index contributed by atoms with van der Waals surface area (Å²) in [5.74, 6) is 0.679. The largest absolute Gasteiger partial charge is 0.333 e. The number of nitrogens with one attached hydrogen (secondary N) is 1. The minimum atomic E-state index is 0.110. The Bertz CT molecular complexity index is 1400. The highest BCUT2D eigenvalue weighted by Crippen LogP contribution is 2.39. The molecule has 1 N–H and O–H groups in total. The van der Waals surface area contributed by atoms with E-state index in [2.05, 4.69) is 26.3 Å². The molecule has 6 rings (SSSR count). The van der Waals surface area contributed by atoms with Crippen molar-refractivity contribution in [2.24, 2.45) is 7.05 Å². The van der Waals surface area contributed by atoms with E-state index < -0.39 is 0 Å². The zero-order chi connectivity index (χ0) is 22.0. The lowest BCUT2D eigenvalue weighted by Crippen LogP contribution is -2.36. The van der Waals surface area contributed by atoms with Crippen molar-refractivity contribution in [1.82, 2.24) is 29.0 Å². The normalized spacial score (nSPS) is 15.9. The number of hydrogen-bond donors (Lipinski definition) is 1. The van der Waals surface area contributed by atoms with Gasteiger partial charge in [-0.15, -0.1) is 0 Å². The number of thiazole rings is 1. The maximum absolute atomic E-state index is 13.6. The predicted octanol–water partition coefficient (Wildman–Crippen LogP) is 3.78. The van der Waals surface area contributed by atoms with Crippen LogP contribution in [0.4, 0.5) is 10.9 Å². The topological polar surface area (TPSA) is 105 Å². The van der Waals surface area contributed by atoms with Gasteiger partial charge in [0.1, 0.15) is 27.8 Å². The highest BCUT2D eigenvalue weighted by atomic mass is 32.1. The number of aryl methyl sites for hydroxylation is 2. The van der Waals surface area contributed by atoms with Crippen molar-refractivity contribution in [3.8, 4) is 6.07 Å². The van der Waals surface area contributed by atoms with Crippen molar-refractivity contribution in [2.45, 2.75) is 51.2 Å². The Morgan fingerprint density at radius 3 is 2.69 bits per heavy atom. The highest BCUT2D eigenvalue weighted by Gasteiger charge is 2.43. The van der Waals surface area contributed by atoms with E-state index in [0.717, 1.165) is 42.2 Å². The van der Waals surface area contributed by atoms with E-state index in [-0.39, 0.29) is 5.91 Å². The van der Waals surface area contributed by atoms with Crippen molar-refractivity contribution in [3.63, 3.8) is 0 Å². The SMILES string of the molecule is CCn1c(C(=O)N(C2CC2)C2CC2)cc2c3c(ncn3C)c(Nc3ncc(C#N)s3)nc21. The van der Waals surface area contributed by atoms with E-state index in [9.17, 15) is 4.79 Å². The molecule has 0 bridgehead atoms. The van der Waals surface area contributed by atoms with Crippen LogP contribution in [0.2, 0.25) is 0 Å². The van der Waals surface area contributed by atoms with Crippen molar-refractivity contribution in [3.05, 3.63) is 29.2 Å². The van der Waals surface area contributed by atoms with Crippen LogP contribution in [-0.4, -0.2) is 47.0 Å². The van der Waals surface area contributed by atoms with Crippen LogP contribution in [0.3, 0.4) is 0 Å². The lowest BCUT2D eigenvalue weighted by molar-refractivity contribution is 0.0719. The molecule has 2 aliphatic rings. The fraction of sp³-hybridized carbons (Fsp3) is 0.409. The van der Waals surface area contributed by atoms with Gasteiger partial charge in [-0.3, -0.25) is 4.79 Å². The fourth-order valence-electron chi connectivity index (χ4n) is 4.45. The number of rotatable bonds is 6. The number of carbonyl (C=O) groups excluding carboxylic acids is 1. The summed E-state index contributed by atoms with van der Waals surface area (Å²) in [5, 5.41) is 13.8. The van der Waals surface area contributed by atoms with E-state index in [1.165, 1.54) is 17.5 Å². The molecular formula is C22H22N8OS. The zero-order valence-corrected chi connectivity index (χ0v) is 18.7. The summed E-state index contributed by atoms with van der Waals surface area (Å²) >= 11 is 1.27. The van der Waals surface area contributed by atoms with Crippen LogP contribution in [0.25, 0.3) is 22.1 Å². The summed E-state index contributed by atoms with van der Waals surface area (Å²) < 4.78 is 3.97. The summed E-state index contributed by atoms with van der Waals surface area (Å²) in [6, 6.07) is 4.87. The quantitative estimate of drug-likeness (QED) is 0.483. The summed E-state index contributed by atoms with van der Waals surface area (Å²) in [7, 11) is 1.95. The summed E-state index contributed by atoms with van der Waals surface area (Å²) in [6.45, 7) is 2.68.